The number of rotatable bonds is 8. The minimum Gasteiger partial charge on any atom is -0.479 e. The van der Waals surface area contributed by atoms with Crippen molar-refractivity contribution in [2.24, 2.45) is 0 Å². The number of methoxy groups -OCH3 is 1. The van der Waals surface area contributed by atoms with Crippen LogP contribution in [0, 0.1) is 0 Å². The average molecular weight is 294 g/mol. The summed E-state index contributed by atoms with van der Waals surface area (Å²) in [6.45, 7) is 5.00. The molecule has 2 N–H and O–H groups in total. The van der Waals surface area contributed by atoms with Gasteiger partial charge in [0.05, 0.1) is 12.8 Å². The third-order valence-corrected chi connectivity index (χ3v) is 2.97. The molecule has 0 bridgehead atoms. The van der Waals surface area contributed by atoms with Crippen molar-refractivity contribution in [3.63, 3.8) is 0 Å². The van der Waals surface area contributed by atoms with Crippen molar-refractivity contribution in [1.82, 2.24) is 10.3 Å². The zero-order valence-electron chi connectivity index (χ0n) is 13.6. The number of hydrogen-bond acceptors (Lipinski definition) is 5. The minimum absolute atomic E-state index is 0.0324. The number of nitrogens with zero attached hydrogens (tertiary/aromatic N) is 2. The lowest BCUT2D eigenvalue weighted by Gasteiger charge is -2.19. The van der Waals surface area contributed by atoms with Gasteiger partial charge in [-0.25, -0.2) is 4.98 Å². The number of amides is 1. The molecule has 1 aromatic heterocycles. The van der Waals surface area contributed by atoms with E-state index in [4.69, 9.17) is 4.74 Å². The highest BCUT2D eigenvalue weighted by Gasteiger charge is 2.14. The fraction of sp³-hybridized carbons (Fsp3) is 0.600. The number of anilines is 2. The molecule has 1 heterocycles. The normalized spacial score (nSPS) is 10.6. The first kappa shape index (κ1) is 17.2. The van der Waals surface area contributed by atoms with Crippen LogP contribution in [-0.2, 0) is 4.79 Å². The number of hydrogen-bond donors (Lipinski definition) is 2. The molecule has 118 valence electrons. The summed E-state index contributed by atoms with van der Waals surface area (Å²) in [6.07, 6.45) is 2.92. The summed E-state index contributed by atoms with van der Waals surface area (Å²) in [4.78, 5) is 18.1. The van der Waals surface area contributed by atoms with Gasteiger partial charge in [-0.15, -0.1) is 0 Å². The highest BCUT2D eigenvalue weighted by molar-refractivity contribution is 5.95. The Morgan fingerprint density at radius 3 is 2.71 bits per heavy atom. The molecule has 1 rings (SSSR count). The molecule has 0 saturated carbocycles. The van der Waals surface area contributed by atoms with Gasteiger partial charge in [0, 0.05) is 32.8 Å². The summed E-state index contributed by atoms with van der Waals surface area (Å²) in [6, 6.07) is 2.28. The lowest BCUT2D eigenvalue weighted by molar-refractivity contribution is -0.116. The molecule has 0 aromatic carbocycles. The SMILES string of the molecule is COc1nccc(N(C)C)c1NC(=O)CCCNC(C)C. The molecule has 0 aliphatic rings. The molecule has 0 atom stereocenters. The Hall–Kier alpha value is -1.82. The first-order chi connectivity index (χ1) is 9.95. The van der Waals surface area contributed by atoms with Gasteiger partial charge in [-0.05, 0) is 19.0 Å². The average Bonchev–Trinajstić information content (AvgIpc) is 2.43. The number of carbonyl (C=O) groups excluding carboxylic acids is 1. The van der Waals surface area contributed by atoms with Gasteiger partial charge in [-0.3, -0.25) is 4.79 Å². The molecule has 6 nitrogen and oxygen atoms in total. The van der Waals surface area contributed by atoms with Gasteiger partial charge in [0.25, 0.3) is 0 Å². The molecule has 0 aliphatic heterocycles. The van der Waals surface area contributed by atoms with E-state index in [9.17, 15) is 4.79 Å². The summed E-state index contributed by atoms with van der Waals surface area (Å²) in [5.41, 5.74) is 1.49. The Bertz CT molecular complexity index is 461. The third-order valence-electron chi connectivity index (χ3n) is 2.97. The number of aromatic nitrogens is 1. The van der Waals surface area contributed by atoms with E-state index in [1.165, 1.54) is 0 Å². The summed E-state index contributed by atoms with van der Waals surface area (Å²) in [5.74, 6) is 0.393. The van der Waals surface area contributed by atoms with Crippen LogP contribution in [0.15, 0.2) is 12.3 Å². The molecular formula is C15H26N4O2. The van der Waals surface area contributed by atoms with E-state index in [1.54, 1.807) is 13.3 Å². The first-order valence-electron chi connectivity index (χ1n) is 7.19. The van der Waals surface area contributed by atoms with Crippen LogP contribution in [0.3, 0.4) is 0 Å². The van der Waals surface area contributed by atoms with Gasteiger partial charge in [0.15, 0.2) is 0 Å². The second-order valence-electron chi connectivity index (χ2n) is 5.37. The summed E-state index contributed by atoms with van der Waals surface area (Å²) in [7, 11) is 5.37. The van der Waals surface area contributed by atoms with E-state index in [0.29, 0.717) is 24.0 Å². The Morgan fingerprint density at radius 2 is 2.14 bits per heavy atom. The molecule has 1 aromatic rings. The summed E-state index contributed by atoms with van der Waals surface area (Å²) in [5, 5.41) is 6.20. The Kier molecular flexibility index (Phi) is 6.94. The Labute approximate surface area is 126 Å². The fourth-order valence-electron chi connectivity index (χ4n) is 1.92. The molecule has 0 radical (unpaired) electrons. The smallest absolute Gasteiger partial charge is 0.239 e. The van der Waals surface area contributed by atoms with Gasteiger partial charge in [0.2, 0.25) is 11.8 Å². The molecule has 6 heteroatoms. The van der Waals surface area contributed by atoms with Gasteiger partial charge >= 0.3 is 0 Å². The van der Waals surface area contributed by atoms with E-state index >= 15 is 0 Å². The van der Waals surface area contributed by atoms with Crippen LogP contribution in [-0.4, -0.2) is 44.7 Å². The van der Waals surface area contributed by atoms with E-state index in [-0.39, 0.29) is 5.91 Å². The standard InChI is InChI=1S/C15H26N4O2/c1-11(2)16-9-6-7-13(20)18-14-12(19(3)4)8-10-17-15(14)21-5/h8,10-11,16H,6-7,9H2,1-5H3,(H,18,20). The van der Waals surface area contributed by atoms with Crippen molar-refractivity contribution in [2.45, 2.75) is 32.7 Å². The quantitative estimate of drug-likeness (QED) is 0.717. The van der Waals surface area contributed by atoms with Crippen LogP contribution >= 0.6 is 0 Å². The molecule has 0 saturated heterocycles. The number of carbonyl (C=O) groups is 1. The second kappa shape index (κ2) is 8.46. The lowest BCUT2D eigenvalue weighted by Crippen LogP contribution is -2.25. The molecule has 0 unspecified atom stereocenters. The predicted molar refractivity (Wildman–Crippen MR) is 86.1 cm³/mol. The van der Waals surface area contributed by atoms with Crippen molar-refractivity contribution in [3.05, 3.63) is 12.3 Å². The van der Waals surface area contributed by atoms with Gasteiger partial charge in [-0.2, -0.15) is 0 Å². The third kappa shape index (κ3) is 5.59. The molecule has 21 heavy (non-hydrogen) atoms. The largest absolute Gasteiger partial charge is 0.479 e. The van der Waals surface area contributed by atoms with Crippen molar-refractivity contribution in [2.75, 3.05) is 38.0 Å². The molecule has 0 fully saturated rings. The summed E-state index contributed by atoms with van der Waals surface area (Å²) < 4.78 is 5.23. The van der Waals surface area contributed by atoms with E-state index in [1.807, 2.05) is 25.1 Å². The van der Waals surface area contributed by atoms with Crippen molar-refractivity contribution >= 4 is 17.3 Å². The molecule has 0 aliphatic carbocycles. The van der Waals surface area contributed by atoms with Crippen LogP contribution in [0.2, 0.25) is 0 Å². The molecular weight excluding hydrogens is 268 g/mol. The maximum Gasteiger partial charge on any atom is 0.239 e. The van der Waals surface area contributed by atoms with Crippen molar-refractivity contribution in [1.29, 1.82) is 0 Å². The number of ether oxygens (including phenoxy) is 1. The maximum atomic E-state index is 12.1. The van der Waals surface area contributed by atoms with E-state index in [0.717, 1.165) is 18.7 Å². The zero-order valence-corrected chi connectivity index (χ0v) is 13.6. The van der Waals surface area contributed by atoms with Gasteiger partial charge in [0.1, 0.15) is 5.69 Å². The Morgan fingerprint density at radius 1 is 1.43 bits per heavy atom. The second-order valence-corrected chi connectivity index (χ2v) is 5.37. The van der Waals surface area contributed by atoms with E-state index < -0.39 is 0 Å². The van der Waals surface area contributed by atoms with Crippen LogP contribution in [0.25, 0.3) is 0 Å². The number of nitrogens with one attached hydrogen (secondary N) is 2. The lowest BCUT2D eigenvalue weighted by atomic mass is 10.2. The Balaban J connectivity index is 2.66. The monoisotopic (exact) mass is 294 g/mol. The zero-order chi connectivity index (χ0) is 15.8. The topological polar surface area (TPSA) is 66.5 Å². The highest BCUT2D eigenvalue weighted by Crippen LogP contribution is 2.32. The first-order valence-corrected chi connectivity index (χ1v) is 7.19. The predicted octanol–water partition coefficient (Wildman–Crippen LogP) is 1.87. The minimum atomic E-state index is -0.0324. The van der Waals surface area contributed by atoms with Gasteiger partial charge in [-0.1, -0.05) is 13.8 Å². The molecule has 0 spiro atoms. The van der Waals surface area contributed by atoms with Crippen molar-refractivity contribution in [3.8, 4) is 5.88 Å². The van der Waals surface area contributed by atoms with Gasteiger partial charge < -0.3 is 20.3 Å². The van der Waals surface area contributed by atoms with Crippen LogP contribution < -0.4 is 20.3 Å². The van der Waals surface area contributed by atoms with Crippen LogP contribution in [0.1, 0.15) is 26.7 Å². The van der Waals surface area contributed by atoms with Crippen molar-refractivity contribution < 1.29 is 9.53 Å². The van der Waals surface area contributed by atoms with E-state index in [2.05, 4.69) is 29.5 Å². The summed E-state index contributed by atoms with van der Waals surface area (Å²) >= 11 is 0. The highest BCUT2D eigenvalue weighted by atomic mass is 16.5. The van der Waals surface area contributed by atoms with Crippen LogP contribution in [0.4, 0.5) is 11.4 Å². The van der Waals surface area contributed by atoms with Crippen LogP contribution in [0.5, 0.6) is 5.88 Å². The fourth-order valence-corrected chi connectivity index (χ4v) is 1.92. The molecule has 1 amide bonds. The number of pyridine rings is 1. The maximum absolute atomic E-state index is 12.1.